The molecule has 1 rings (SSSR count). The SMILES string of the molecule is CC(C)c1c(P)c(O)c(O)c(O)c1P. The van der Waals surface area contributed by atoms with Crippen LogP contribution in [0, 0.1) is 0 Å². The highest BCUT2D eigenvalue weighted by molar-refractivity contribution is 7.30. The second-order valence-corrected chi connectivity index (χ2v) is 4.60. The van der Waals surface area contributed by atoms with E-state index in [0.29, 0.717) is 10.6 Å². The average molecular weight is 232 g/mol. The molecule has 0 aliphatic heterocycles. The van der Waals surface area contributed by atoms with E-state index in [0.717, 1.165) is 5.56 Å². The van der Waals surface area contributed by atoms with Crippen LogP contribution in [0.25, 0.3) is 0 Å². The predicted octanol–water partition coefficient (Wildman–Crippen LogP) is 0.928. The van der Waals surface area contributed by atoms with E-state index in [9.17, 15) is 15.3 Å². The first-order valence-electron chi connectivity index (χ1n) is 4.19. The number of hydrogen-bond acceptors (Lipinski definition) is 3. The summed E-state index contributed by atoms with van der Waals surface area (Å²) >= 11 is 0. The lowest BCUT2D eigenvalue weighted by molar-refractivity contribution is 0.371. The molecule has 5 heteroatoms. The molecular formula is C9H14O3P2. The van der Waals surface area contributed by atoms with Gasteiger partial charge in [-0.3, -0.25) is 0 Å². The van der Waals surface area contributed by atoms with E-state index in [1.54, 1.807) is 0 Å². The van der Waals surface area contributed by atoms with Crippen LogP contribution in [0.1, 0.15) is 25.3 Å². The van der Waals surface area contributed by atoms with Gasteiger partial charge in [-0.1, -0.05) is 13.8 Å². The third kappa shape index (κ3) is 1.67. The van der Waals surface area contributed by atoms with Crippen molar-refractivity contribution in [2.24, 2.45) is 0 Å². The lowest BCUT2D eigenvalue weighted by atomic mass is 10.0. The molecule has 0 spiro atoms. The summed E-state index contributed by atoms with van der Waals surface area (Å²) in [6.07, 6.45) is 0. The second-order valence-electron chi connectivity index (χ2n) is 3.44. The van der Waals surface area contributed by atoms with Crippen LogP contribution in [0.5, 0.6) is 17.2 Å². The van der Waals surface area contributed by atoms with Crippen molar-refractivity contribution >= 4 is 29.1 Å². The van der Waals surface area contributed by atoms with Gasteiger partial charge in [-0.25, -0.2) is 0 Å². The van der Waals surface area contributed by atoms with Crippen molar-refractivity contribution in [1.82, 2.24) is 0 Å². The van der Waals surface area contributed by atoms with Crippen LogP contribution >= 0.6 is 18.5 Å². The highest BCUT2D eigenvalue weighted by Gasteiger charge is 2.20. The molecule has 0 amide bonds. The Balaban J connectivity index is 3.60. The third-order valence-corrected chi connectivity index (χ3v) is 3.29. The van der Waals surface area contributed by atoms with Crippen LogP contribution in [-0.2, 0) is 0 Å². The Hall–Kier alpha value is -0.520. The third-order valence-electron chi connectivity index (χ3n) is 2.12. The molecule has 0 saturated carbocycles. The van der Waals surface area contributed by atoms with Gasteiger partial charge in [-0.05, 0) is 11.5 Å². The summed E-state index contributed by atoms with van der Waals surface area (Å²) in [6.45, 7) is 3.90. The van der Waals surface area contributed by atoms with E-state index < -0.39 is 5.75 Å². The summed E-state index contributed by atoms with van der Waals surface area (Å²) in [7, 11) is 4.74. The van der Waals surface area contributed by atoms with Gasteiger partial charge < -0.3 is 15.3 Å². The maximum Gasteiger partial charge on any atom is 0.201 e. The molecule has 0 saturated heterocycles. The Kier molecular flexibility index (Phi) is 3.24. The topological polar surface area (TPSA) is 60.7 Å². The monoisotopic (exact) mass is 232 g/mol. The number of aromatic hydroxyl groups is 3. The molecule has 14 heavy (non-hydrogen) atoms. The van der Waals surface area contributed by atoms with Crippen molar-refractivity contribution in [3.63, 3.8) is 0 Å². The number of phenols is 3. The molecule has 0 heterocycles. The summed E-state index contributed by atoms with van der Waals surface area (Å²) in [5.41, 5.74) is 0.813. The molecule has 0 aliphatic rings. The lowest BCUT2D eigenvalue weighted by Crippen LogP contribution is -2.15. The summed E-state index contributed by atoms with van der Waals surface area (Å²) in [4.78, 5) is 0. The van der Waals surface area contributed by atoms with Crippen LogP contribution in [0.4, 0.5) is 0 Å². The standard InChI is InChI=1S/C9H14O3P2/c1-3(2)4-8(13)6(11)5(10)7(12)9(4)14/h3,10-12H,13-14H2,1-2H3. The van der Waals surface area contributed by atoms with Crippen molar-refractivity contribution < 1.29 is 15.3 Å². The van der Waals surface area contributed by atoms with Crippen LogP contribution in [0.3, 0.4) is 0 Å². The zero-order valence-electron chi connectivity index (χ0n) is 8.07. The lowest BCUT2D eigenvalue weighted by Gasteiger charge is -2.16. The molecule has 3 N–H and O–H groups in total. The largest absolute Gasteiger partial charge is 0.504 e. The van der Waals surface area contributed by atoms with Gasteiger partial charge in [-0.2, -0.15) is 0 Å². The highest BCUT2D eigenvalue weighted by atomic mass is 31.0. The van der Waals surface area contributed by atoms with Crippen molar-refractivity contribution in [3.05, 3.63) is 5.56 Å². The van der Waals surface area contributed by atoms with Crippen molar-refractivity contribution in [2.45, 2.75) is 19.8 Å². The minimum absolute atomic E-state index is 0.160. The van der Waals surface area contributed by atoms with E-state index in [-0.39, 0.29) is 17.4 Å². The van der Waals surface area contributed by atoms with Crippen LogP contribution in [-0.4, -0.2) is 15.3 Å². The summed E-state index contributed by atoms with van der Waals surface area (Å²) in [5.74, 6) is -0.860. The van der Waals surface area contributed by atoms with Gasteiger partial charge >= 0.3 is 0 Å². The Bertz CT molecular complexity index is 346. The number of hydrogen-bond donors (Lipinski definition) is 3. The van der Waals surface area contributed by atoms with Gasteiger partial charge in [0.15, 0.2) is 11.5 Å². The van der Waals surface area contributed by atoms with Crippen LogP contribution in [0.2, 0.25) is 0 Å². The molecule has 2 unspecified atom stereocenters. The number of rotatable bonds is 1. The maximum absolute atomic E-state index is 9.50. The summed E-state index contributed by atoms with van der Waals surface area (Å²) < 4.78 is 0. The van der Waals surface area contributed by atoms with Crippen molar-refractivity contribution in [2.75, 3.05) is 0 Å². The minimum atomic E-state index is -0.468. The highest BCUT2D eigenvalue weighted by Crippen LogP contribution is 2.36. The molecule has 1 aromatic carbocycles. The smallest absolute Gasteiger partial charge is 0.201 e. The van der Waals surface area contributed by atoms with Crippen molar-refractivity contribution in [1.29, 1.82) is 0 Å². The zero-order valence-corrected chi connectivity index (χ0v) is 10.4. The summed E-state index contributed by atoms with van der Waals surface area (Å²) in [5, 5.41) is 29.4. The van der Waals surface area contributed by atoms with Gasteiger partial charge in [0.05, 0.1) is 0 Å². The maximum atomic E-state index is 9.50. The fourth-order valence-corrected chi connectivity index (χ4v) is 2.81. The minimum Gasteiger partial charge on any atom is -0.504 e. The van der Waals surface area contributed by atoms with E-state index in [2.05, 4.69) is 18.5 Å². The quantitative estimate of drug-likeness (QED) is 0.498. The first-order valence-corrected chi connectivity index (χ1v) is 5.35. The van der Waals surface area contributed by atoms with E-state index in [4.69, 9.17) is 0 Å². The Morgan fingerprint density at radius 3 is 1.50 bits per heavy atom. The molecule has 0 aliphatic carbocycles. The van der Waals surface area contributed by atoms with E-state index in [1.807, 2.05) is 13.8 Å². The van der Waals surface area contributed by atoms with Crippen LogP contribution < -0.4 is 10.6 Å². The Morgan fingerprint density at radius 1 is 0.857 bits per heavy atom. The normalized spacial score (nSPS) is 10.9. The number of phenolic OH excluding ortho intramolecular Hbond substituents is 3. The molecule has 0 fully saturated rings. The zero-order chi connectivity index (χ0) is 11.0. The van der Waals surface area contributed by atoms with E-state index in [1.165, 1.54) is 0 Å². The Morgan fingerprint density at radius 2 is 1.21 bits per heavy atom. The van der Waals surface area contributed by atoms with Crippen molar-refractivity contribution in [3.8, 4) is 17.2 Å². The fourth-order valence-electron chi connectivity index (χ4n) is 1.39. The van der Waals surface area contributed by atoms with E-state index >= 15 is 0 Å². The first kappa shape index (κ1) is 11.6. The van der Waals surface area contributed by atoms with Gasteiger partial charge in [0.1, 0.15) is 0 Å². The van der Waals surface area contributed by atoms with Gasteiger partial charge in [0, 0.05) is 10.6 Å². The van der Waals surface area contributed by atoms with Crippen LogP contribution in [0.15, 0.2) is 0 Å². The summed E-state index contributed by atoms with van der Waals surface area (Å²) in [6, 6.07) is 0. The Labute approximate surface area is 87.6 Å². The first-order chi connectivity index (χ1) is 6.37. The number of benzene rings is 1. The van der Waals surface area contributed by atoms with Gasteiger partial charge in [-0.15, -0.1) is 18.5 Å². The molecule has 0 bridgehead atoms. The second kappa shape index (κ2) is 3.92. The molecule has 0 aromatic heterocycles. The molecule has 3 nitrogen and oxygen atoms in total. The molecule has 0 radical (unpaired) electrons. The molecule has 78 valence electrons. The fraction of sp³-hybridized carbons (Fsp3) is 0.333. The molecular weight excluding hydrogens is 218 g/mol. The molecule has 1 aromatic rings. The predicted molar refractivity (Wildman–Crippen MR) is 64.2 cm³/mol. The van der Waals surface area contributed by atoms with Gasteiger partial charge in [0.25, 0.3) is 0 Å². The molecule has 2 atom stereocenters. The van der Waals surface area contributed by atoms with Gasteiger partial charge in [0.2, 0.25) is 5.75 Å². The average Bonchev–Trinajstić information content (AvgIpc) is 2.11.